The first-order valence-electron chi connectivity index (χ1n) is 12.0. The molecule has 0 atom stereocenters. The van der Waals surface area contributed by atoms with E-state index in [1.807, 2.05) is 37.5 Å². The van der Waals surface area contributed by atoms with E-state index in [1.165, 1.54) is 11.1 Å². The van der Waals surface area contributed by atoms with Crippen molar-refractivity contribution < 1.29 is 9.26 Å². The lowest BCUT2D eigenvalue weighted by molar-refractivity contribution is 0.309. The fourth-order valence-corrected chi connectivity index (χ4v) is 5.01. The number of pyridine rings is 1. The summed E-state index contributed by atoms with van der Waals surface area (Å²) in [4.78, 5) is 26.0. The van der Waals surface area contributed by atoms with E-state index in [4.69, 9.17) is 19.2 Å². The smallest absolute Gasteiger partial charge is 0.438 e. The molecule has 9 nitrogen and oxygen atoms in total. The van der Waals surface area contributed by atoms with Gasteiger partial charge < -0.3 is 9.64 Å². The van der Waals surface area contributed by atoms with Gasteiger partial charge >= 0.3 is 11.8 Å². The van der Waals surface area contributed by atoms with Crippen LogP contribution in [0.1, 0.15) is 35.1 Å². The van der Waals surface area contributed by atoms with Crippen LogP contribution < -0.4 is 15.4 Å². The predicted octanol–water partition coefficient (Wildman–Crippen LogP) is 4.55. The van der Waals surface area contributed by atoms with Crippen LogP contribution in [0.15, 0.2) is 57.8 Å². The number of hydrogen-bond acceptors (Lipinski definition) is 7. The van der Waals surface area contributed by atoms with Crippen molar-refractivity contribution in [1.82, 2.24) is 24.7 Å². The van der Waals surface area contributed by atoms with Crippen molar-refractivity contribution in [3.8, 4) is 11.7 Å². The summed E-state index contributed by atoms with van der Waals surface area (Å²) in [6.45, 7) is 6.88. The van der Waals surface area contributed by atoms with Crippen molar-refractivity contribution >= 4 is 22.5 Å². The second-order valence-electron chi connectivity index (χ2n) is 8.99. The van der Waals surface area contributed by atoms with E-state index in [1.54, 1.807) is 0 Å². The largest absolute Gasteiger partial charge is 0.465 e. The molecule has 1 aliphatic heterocycles. The molecule has 5 aromatic rings. The third kappa shape index (κ3) is 3.73. The summed E-state index contributed by atoms with van der Waals surface area (Å²) in [5, 5.41) is 3.91. The van der Waals surface area contributed by atoms with E-state index in [0.29, 0.717) is 25.0 Å². The molecule has 0 unspecified atom stereocenters. The van der Waals surface area contributed by atoms with Crippen molar-refractivity contribution in [3.05, 3.63) is 87.3 Å². The highest BCUT2D eigenvalue weighted by molar-refractivity contribution is 5.80. The van der Waals surface area contributed by atoms with Crippen LogP contribution in [-0.2, 0) is 19.4 Å². The van der Waals surface area contributed by atoms with Crippen molar-refractivity contribution in [2.24, 2.45) is 0 Å². The van der Waals surface area contributed by atoms with Gasteiger partial charge in [-0.05, 0) is 80.6 Å². The second kappa shape index (κ2) is 8.67. The number of benzene rings is 2. The molecule has 0 spiro atoms. The van der Waals surface area contributed by atoms with Gasteiger partial charge in [-0.2, -0.15) is 4.98 Å². The maximum absolute atomic E-state index is 11.6. The van der Waals surface area contributed by atoms with Crippen LogP contribution in [0.25, 0.3) is 16.9 Å². The number of imidazole rings is 1. The number of para-hydroxylation sites is 1. The normalized spacial score (nSPS) is 12.9. The Labute approximate surface area is 207 Å². The second-order valence-corrected chi connectivity index (χ2v) is 8.99. The van der Waals surface area contributed by atoms with Gasteiger partial charge in [0.15, 0.2) is 11.5 Å². The first-order valence-corrected chi connectivity index (χ1v) is 12.0. The highest BCUT2D eigenvalue weighted by Crippen LogP contribution is 2.38. The Hall–Kier alpha value is -4.40. The highest BCUT2D eigenvalue weighted by Gasteiger charge is 2.24. The van der Waals surface area contributed by atoms with Gasteiger partial charge in [0.25, 0.3) is 0 Å². The molecule has 1 N–H and O–H groups in total. The lowest BCUT2D eigenvalue weighted by Crippen LogP contribution is -2.19. The molecule has 1 aliphatic rings. The van der Waals surface area contributed by atoms with Gasteiger partial charge in [0.2, 0.25) is 0 Å². The predicted molar refractivity (Wildman–Crippen MR) is 136 cm³/mol. The Morgan fingerprint density at radius 3 is 2.64 bits per heavy atom. The molecule has 0 bridgehead atoms. The third-order valence-corrected chi connectivity index (χ3v) is 6.53. The van der Waals surface area contributed by atoms with Gasteiger partial charge in [-0.15, -0.1) is 0 Å². The fraction of sp³-hybridized carbons (Fsp3) is 0.259. The van der Waals surface area contributed by atoms with Gasteiger partial charge in [0.1, 0.15) is 5.52 Å². The summed E-state index contributed by atoms with van der Waals surface area (Å²) in [6.07, 6.45) is 1.74. The standard InChI is InChI=1S/C27H26N6O3/c1-4-35-26-30-24-16(2)13-17(3)28-25(24)33(26)20-11-12-22-19(14-20)10-9-18-7-5-6-8-21(18)32(22)15-23-29-27(34)36-31-23/h5-8,11-14H,4,9-10,15H2,1-3H3,(H,29,31,34). The molecule has 0 radical (unpaired) electrons. The average Bonchev–Trinajstić information content (AvgIpc) is 3.40. The number of anilines is 2. The number of nitrogens with one attached hydrogen (secondary N) is 1. The Bertz CT molecular complexity index is 1650. The number of H-pyrrole nitrogens is 1. The number of hydrogen-bond donors (Lipinski definition) is 1. The van der Waals surface area contributed by atoms with Gasteiger partial charge in [0, 0.05) is 17.1 Å². The van der Waals surface area contributed by atoms with E-state index < -0.39 is 5.76 Å². The molecule has 3 aromatic heterocycles. The molecular formula is C27H26N6O3. The molecule has 0 saturated heterocycles. The molecule has 6 rings (SSSR count). The average molecular weight is 483 g/mol. The molecule has 9 heteroatoms. The summed E-state index contributed by atoms with van der Waals surface area (Å²) < 4.78 is 12.7. The lowest BCUT2D eigenvalue weighted by Gasteiger charge is -2.26. The van der Waals surface area contributed by atoms with Crippen LogP contribution in [0, 0.1) is 13.8 Å². The third-order valence-electron chi connectivity index (χ3n) is 6.53. The van der Waals surface area contributed by atoms with E-state index in [2.05, 4.69) is 51.4 Å². The number of aromatic nitrogens is 5. The number of fused-ring (bicyclic) bond motifs is 3. The minimum absolute atomic E-state index is 0.382. The molecular weight excluding hydrogens is 456 g/mol. The number of nitrogens with zero attached hydrogens (tertiary/aromatic N) is 5. The zero-order chi connectivity index (χ0) is 24.8. The summed E-state index contributed by atoms with van der Waals surface area (Å²) in [5.74, 6) is -0.0849. The monoisotopic (exact) mass is 482 g/mol. The molecule has 2 aromatic carbocycles. The SMILES string of the molecule is CCOc1nc2c(C)cc(C)nc2n1-c1ccc2c(c1)CCc1ccccc1N2Cc1noc(=O)[nH]1. The lowest BCUT2D eigenvalue weighted by atomic mass is 10.0. The van der Waals surface area contributed by atoms with E-state index in [9.17, 15) is 4.79 Å². The molecule has 0 amide bonds. The Kier molecular flexibility index (Phi) is 5.32. The highest BCUT2D eigenvalue weighted by atomic mass is 16.5. The maximum atomic E-state index is 11.6. The molecule has 0 aliphatic carbocycles. The zero-order valence-corrected chi connectivity index (χ0v) is 20.4. The van der Waals surface area contributed by atoms with Crippen molar-refractivity contribution in [2.45, 2.75) is 40.2 Å². The summed E-state index contributed by atoms with van der Waals surface area (Å²) in [6, 6.07) is 17.2. The van der Waals surface area contributed by atoms with Gasteiger partial charge in [-0.3, -0.25) is 9.51 Å². The minimum atomic E-state index is -0.558. The van der Waals surface area contributed by atoms with Crippen molar-refractivity contribution in [2.75, 3.05) is 11.5 Å². The number of ether oxygens (including phenoxy) is 1. The van der Waals surface area contributed by atoms with Crippen molar-refractivity contribution in [3.63, 3.8) is 0 Å². The quantitative estimate of drug-likeness (QED) is 0.392. The Balaban J connectivity index is 1.51. The Morgan fingerprint density at radius 2 is 1.83 bits per heavy atom. The molecule has 4 heterocycles. The minimum Gasteiger partial charge on any atom is -0.465 e. The fourth-order valence-electron chi connectivity index (χ4n) is 5.01. The van der Waals surface area contributed by atoms with Crippen LogP contribution in [0.2, 0.25) is 0 Å². The van der Waals surface area contributed by atoms with E-state index in [-0.39, 0.29) is 0 Å². The maximum Gasteiger partial charge on any atom is 0.438 e. The van der Waals surface area contributed by atoms with Crippen LogP contribution >= 0.6 is 0 Å². The van der Waals surface area contributed by atoms with Crippen LogP contribution in [0.5, 0.6) is 6.01 Å². The van der Waals surface area contributed by atoms with Gasteiger partial charge in [-0.1, -0.05) is 23.4 Å². The van der Waals surface area contributed by atoms with E-state index >= 15 is 0 Å². The molecule has 36 heavy (non-hydrogen) atoms. The molecule has 182 valence electrons. The number of aryl methyl sites for hydroxylation is 4. The van der Waals surface area contributed by atoms with Gasteiger partial charge in [0.05, 0.1) is 18.8 Å². The molecule has 0 fully saturated rings. The van der Waals surface area contributed by atoms with Crippen LogP contribution in [0.4, 0.5) is 11.4 Å². The Morgan fingerprint density at radius 1 is 1.03 bits per heavy atom. The van der Waals surface area contributed by atoms with E-state index in [0.717, 1.165) is 52.3 Å². The van der Waals surface area contributed by atoms with Crippen LogP contribution in [-0.4, -0.2) is 31.3 Å². The first kappa shape index (κ1) is 22.1. The summed E-state index contributed by atoms with van der Waals surface area (Å²) in [5.41, 5.74) is 9.10. The number of rotatable bonds is 5. The van der Waals surface area contributed by atoms with Gasteiger partial charge in [-0.25, -0.2) is 14.3 Å². The summed E-state index contributed by atoms with van der Waals surface area (Å²) in [7, 11) is 0. The first-order chi connectivity index (χ1) is 17.5. The topological polar surface area (TPSA) is 102 Å². The van der Waals surface area contributed by atoms with Crippen LogP contribution in [0.3, 0.4) is 0 Å². The summed E-state index contributed by atoms with van der Waals surface area (Å²) >= 11 is 0. The molecule has 0 saturated carbocycles. The number of aromatic amines is 1. The zero-order valence-electron chi connectivity index (χ0n) is 20.4. The van der Waals surface area contributed by atoms with Crippen molar-refractivity contribution in [1.29, 1.82) is 0 Å².